The molecule has 1 fully saturated rings. The Morgan fingerprint density at radius 2 is 2.00 bits per heavy atom. The van der Waals surface area contributed by atoms with E-state index in [9.17, 15) is 13.6 Å². The highest BCUT2D eigenvalue weighted by Crippen LogP contribution is 2.43. The molecule has 6 heteroatoms. The van der Waals surface area contributed by atoms with Crippen LogP contribution in [0.2, 0.25) is 0 Å². The summed E-state index contributed by atoms with van der Waals surface area (Å²) < 4.78 is 31.8. The summed E-state index contributed by atoms with van der Waals surface area (Å²) in [7, 11) is 1.58. The lowest BCUT2D eigenvalue weighted by Crippen LogP contribution is -2.28. The van der Waals surface area contributed by atoms with Gasteiger partial charge in [0.25, 0.3) is 0 Å². The van der Waals surface area contributed by atoms with E-state index in [2.05, 4.69) is 0 Å². The maximum absolute atomic E-state index is 13.4. The highest BCUT2D eigenvalue weighted by atomic mass is 32.2. The number of carbonyl (C=O) groups is 1. The first-order chi connectivity index (χ1) is 11.1. The predicted octanol–water partition coefficient (Wildman–Crippen LogP) is 3.75. The van der Waals surface area contributed by atoms with Crippen molar-refractivity contribution in [1.29, 1.82) is 0 Å². The zero-order valence-corrected chi connectivity index (χ0v) is 13.3. The SMILES string of the molecule is COc1ccccc1C1SCC(=O)N1Cc1ccc(F)c(F)c1. The highest BCUT2D eigenvalue weighted by Gasteiger charge is 2.34. The fourth-order valence-corrected chi connectivity index (χ4v) is 3.80. The first-order valence-corrected chi connectivity index (χ1v) is 8.13. The molecule has 3 rings (SSSR count). The van der Waals surface area contributed by atoms with E-state index in [0.29, 0.717) is 17.1 Å². The molecule has 0 saturated carbocycles. The quantitative estimate of drug-likeness (QED) is 0.852. The number of methoxy groups -OCH3 is 1. The first-order valence-electron chi connectivity index (χ1n) is 7.08. The molecule has 1 amide bonds. The van der Waals surface area contributed by atoms with E-state index in [0.717, 1.165) is 17.7 Å². The fourth-order valence-electron chi connectivity index (χ4n) is 2.59. The van der Waals surface area contributed by atoms with Crippen molar-refractivity contribution in [2.75, 3.05) is 12.9 Å². The Morgan fingerprint density at radius 1 is 1.22 bits per heavy atom. The third-order valence-electron chi connectivity index (χ3n) is 3.71. The molecule has 1 aliphatic rings. The van der Waals surface area contributed by atoms with Crippen LogP contribution in [-0.2, 0) is 11.3 Å². The van der Waals surface area contributed by atoms with Gasteiger partial charge in [-0.05, 0) is 23.8 Å². The Balaban J connectivity index is 1.89. The Morgan fingerprint density at radius 3 is 2.74 bits per heavy atom. The van der Waals surface area contributed by atoms with Crippen molar-refractivity contribution < 1.29 is 18.3 Å². The third kappa shape index (κ3) is 3.17. The second-order valence-electron chi connectivity index (χ2n) is 5.18. The minimum Gasteiger partial charge on any atom is -0.496 e. The van der Waals surface area contributed by atoms with Crippen LogP contribution in [0.25, 0.3) is 0 Å². The summed E-state index contributed by atoms with van der Waals surface area (Å²) in [4.78, 5) is 13.9. The molecule has 1 heterocycles. The van der Waals surface area contributed by atoms with Crippen LogP contribution in [0, 0.1) is 11.6 Å². The van der Waals surface area contributed by atoms with Crippen LogP contribution < -0.4 is 4.74 Å². The molecule has 0 N–H and O–H groups in total. The molecule has 0 aromatic heterocycles. The highest BCUT2D eigenvalue weighted by molar-refractivity contribution is 8.00. The van der Waals surface area contributed by atoms with Crippen LogP contribution in [0.4, 0.5) is 8.78 Å². The summed E-state index contributed by atoms with van der Waals surface area (Å²) in [5.74, 6) is -0.773. The van der Waals surface area contributed by atoms with Crippen LogP contribution in [0.3, 0.4) is 0 Å². The molecular weight excluding hydrogens is 320 g/mol. The van der Waals surface area contributed by atoms with Gasteiger partial charge in [0, 0.05) is 12.1 Å². The Bertz CT molecular complexity index is 738. The number of halogens is 2. The maximum atomic E-state index is 13.4. The van der Waals surface area contributed by atoms with Crippen molar-refractivity contribution in [3.63, 3.8) is 0 Å². The van der Waals surface area contributed by atoms with Crippen LogP contribution in [-0.4, -0.2) is 23.7 Å². The molecule has 1 atom stereocenters. The van der Waals surface area contributed by atoms with Crippen LogP contribution in [0.5, 0.6) is 5.75 Å². The van der Waals surface area contributed by atoms with Gasteiger partial charge in [-0.3, -0.25) is 4.79 Å². The zero-order valence-electron chi connectivity index (χ0n) is 12.5. The average molecular weight is 335 g/mol. The monoisotopic (exact) mass is 335 g/mol. The second-order valence-corrected chi connectivity index (χ2v) is 6.24. The number of amides is 1. The molecular formula is C17H15F2NO2S. The summed E-state index contributed by atoms with van der Waals surface area (Å²) in [5, 5.41) is -0.202. The van der Waals surface area contributed by atoms with Gasteiger partial charge >= 0.3 is 0 Å². The molecule has 120 valence electrons. The van der Waals surface area contributed by atoms with Crippen LogP contribution in [0.15, 0.2) is 42.5 Å². The summed E-state index contributed by atoms with van der Waals surface area (Å²) in [6.07, 6.45) is 0. The molecule has 2 aromatic carbocycles. The van der Waals surface area contributed by atoms with E-state index in [1.165, 1.54) is 17.8 Å². The van der Waals surface area contributed by atoms with Crippen molar-refractivity contribution in [3.05, 3.63) is 65.2 Å². The van der Waals surface area contributed by atoms with Gasteiger partial charge in [0.05, 0.1) is 12.9 Å². The average Bonchev–Trinajstić information content (AvgIpc) is 2.92. The Kier molecular flexibility index (Phi) is 4.52. The van der Waals surface area contributed by atoms with Crippen molar-refractivity contribution in [3.8, 4) is 5.75 Å². The number of hydrogen-bond acceptors (Lipinski definition) is 3. The normalized spacial score (nSPS) is 17.6. The Hall–Kier alpha value is -2.08. The molecule has 1 saturated heterocycles. The zero-order chi connectivity index (χ0) is 16.4. The number of nitrogens with zero attached hydrogens (tertiary/aromatic N) is 1. The molecule has 2 aromatic rings. The van der Waals surface area contributed by atoms with E-state index in [1.54, 1.807) is 12.0 Å². The molecule has 3 nitrogen and oxygen atoms in total. The summed E-state index contributed by atoms with van der Waals surface area (Å²) in [6, 6.07) is 11.2. The first kappa shape index (κ1) is 15.8. The number of ether oxygens (including phenoxy) is 1. The molecule has 23 heavy (non-hydrogen) atoms. The van der Waals surface area contributed by atoms with E-state index in [1.807, 2.05) is 24.3 Å². The lowest BCUT2D eigenvalue weighted by atomic mass is 10.1. The lowest BCUT2D eigenvalue weighted by molar-refractivity contribution is -0.128. The van der Waals surface area contributed by atoms with E-state index >= 15 is 0 Å². The number of hydrogen-bond donors (Lipinski definition) is 0. The molecule has 0 aliphatic carbocycles. The lowest BCUT2D eigenvalue weighted by Gasteiger charge is -2.25. The summed E-state index contributed by atoms with van der Waals surface area (Å²) in [6.45, 7) is 0.228. The van der Waals surface area contributed by atoms with Gasteiger partial charge in [0.2, 0.25) is 5.91 Å². The molecule has 1 aliphatic heterocycles. The van der Waals surface area contributed by atoms with Gasteiger partial charge in [-0.2, -0.15) is 0 Å². The standard InChI is InChI=1S/C17H15F2NO2S/c1-22-15-5-3-2-4-12(15)17-20(16(21)10-23-17)9-11-6-7-13(18)14(19)8-11/h2-8,17H,9-10H2,1H3. The van der Waals surface area contributed by atoms with Crippen molar-refractivity contribution >= 4 is 17.7 Å². The topological polar surface area (TPSA) is 29.5 Å². The van der Waals surface area contributed by atoms with Crippen molar-refractivity contribution in [1.82, 2.24) is 4.90 Å². The minimum atomic E-state index is -0.907. The molecule has 1 unspecified atom stereocenters. The summed E-state index contributed by atoms with van der Waals surface area (Å²) >= 11 is 1.50. The third-order valence-corrected chi connectivity index (χ3v) is 4.95. The van der Waals surface area contributed by atoms with Gasteiger partial charge in [-0.15, -0.1) is 11.8 Å². The number of thioether (sulfide) groups is 1. The van der Waals surface area contributed by atoms with E-state index in [4.69, 9.17) is 4.74 Å². The molecule has 0 radical (unpaired) electrons. The Labute approximate surface area is 137 Å². The van der Waals surface area contributed by atoms with E-state index in [-0.39, 0.29) is 17.8 Å². The van der Waals surface area contributed by atoms with Gasteiger partial charge in [0.15, 0.2) is 11.6 Å². The van der Waals surface area contributed by atoms with Gasteiger partial charge in [-0.1, -0.05) is 24.3 Å². The predicted molar refractivity (Wildman–Crippen MR) is 85.1 cm³/mol. The number of carbonyl (C=O) groups excluding carboxylic acids is 1. The van der Waals surface area contributed by atoms with Gasteiger partial charge in [-0.25, -0.2) is 8.78 Å². The van der Waals surface area contributed by atoms with Crippen LogP contribution in [0.1, 0.15) is 16.5 Å². The van der Waals surface area contributed by atoms with Gasteiger partial charge in [0.1, 0.15) is 11.1 Å². The van der Waals surface area contributed by atoms with E-state index < -0.39 is 11.6 Å². The number of rotatable bonds is 4. The smallest absolute Gasteiger partial charge is 0.234 e. The minimum absolute atomic E-state index is 0.0318. The van der Waals surface area contributed by atoms with Crippen molar-refractivity contribution in [2.24, 2.45) is 0 Å². The number of benzene rings is 2. The van der Waals surface area contributed by atoms with Gasteiger partial charge < -0.3 is 9.64 Å². The fraction of sp³-hybridized carbons (Fsp3) is 0.235. The molecule has 0 bridgehead atoms. The van der Waals surface area contributed by atoms with Crippen molar-refractivity contribution in [2.45, 2.75) is 11.9 Å². The maximum Gasteiger partial charge on any atom is 0.234 e. The summed E-state index contributed by atoms with van der Waals surface area (Å²) in [5.41, 5.74) is 1.45. The largest absolute Gasteiger partial charge is 0.496 e. The molecule has 0 spiro atoms. The van der Waals surface area contributed by atoms with Crippen LogP contribution >= 0.6 is 11.8 Å². The second kappa shape index (κ2) is 6.58. The number of para-hydroxylation sites is 1.